The predicted molar refractivity (Wildman–Crippen MR) is 100 cm³/mol. The zero-order valence-electron chi connectivity index (χ0n) is 14.8. The number of benzene rings is 3. The largest absolute Gasteiger partial charge is 0.462 e. The molecule has 0 spiro atoms. The van der Waals surface area contributed by atoms with E-state index >= 15 is 0 Å². The smallest absolute Gasteiger partial charge is 0.343 e. The number of rotatable bonds is 6. The highest BCUT2D eigenvalue weighted by Gasteiger charge is 2.11. The summed E-state index contributed by atoms with van der Waals surface area (Å²) in [5.41, 5.74) is 0.795. The summed E-state index contributed by atoms with van der Waals surface area (Å²) in [5.74, 6) is 0.776. The fourth-order valence-corrected chi connectivity index (χ4v) is 2.32. The maximum atomic E-state index is 12.3. The Morgan fingerprint density at radius 1 is 0.667 bits per heavy atom. The minimum absolute atomic E-state index is 0.305. The van der Waals surface area contributed by atoms with Crippen LogP contribution in [0, 0.1) is 0 Å². The third kappa shape index (κ3) is 4.95. The SMILES string of the molecule is CCOC(=O)c1ccc(OC(=O)c2ccc(Oc3ccccc3)cc2)cc1. The molecule has 0 aliphatic heterocycles. The van der Waals surface area contributed by atoms with Crippen molar-refractivity contribution in [1.29, 1.82) is 0 Å². The second kappa shape index (κ2) is 8.67. The molecule has 0 unspecified atom stereocenters. The molecule has 27 heavy (non-hydrogen) atoms. The first kappa shape index (κ1) is 18.2. The normalized spacial score (nSPS) is 10.1. The highest BCUT2D eigenvalue weighted by atomic mass is 16.5. The van der Waals surface area contributed by atoms with Crippen LogP contribution >= 0.6 is 0 Å². The van der Waals surface area contributed by atoms with E-state index in [4.69, 9.17) is 14.2 Å². The van der Waals surface area contributed by atoms with Gasteiger partial charge in [0.2, 0.25) is 0 Å². The number of ether oxygens (including phenoxy) is 3. The van der Waals surface area contributed by atoms with Crippen molar-refractivity contribution in [2.45, 2.75) is 6.92 Å². The molecule has 0 saturated carbocycles. The lowest BCUT2D eigenvalue weighted by Gasteiger charge is -2.08. The van der Waals surface area contributed by atoms with Gasteiger partial charge in [0.1, 0.15) is 17.2 Å². The molecule has 0 aliphatic carbocycles. The third-order valence-corrected chi connectivity index (χ3v) is 3.64. The van der Waals surface area contributed by atoms with Gasteiger partial charge < -0.3 is 14.2 Å². The molecule has 0 atom stereocenters. The molecule has 0 amide bonds. The molecule has 0 N–H and O–H groups in total. The Balaban J connectivity index is 1.61. The predicted octanol–water partition coefficient (Wildman–Crippen LogP) is 4.87. The van der Waals surface area contributed by atoms with E-state index in [0.717, 1.165) is 5.75 Å². The highest BCUT2D eigenvalue weighted by molar-refractivity contribution is 5.92. The number of carbonyl (C=O) groups excluding carboxylic acids is 2. The molecule has 5 heteroatoms. The van der Waals surface area contributed by atoms with Crippen LogP contribution in [-0.4, -0.2) is 18.5 Å². The van der Waals surface area contributed by atoms with Crippen molar-refractivity contribution in [3.63, 3.8) is 0 Å². The number of hydrogen-bond donors (Lipinski definition) is 0. The van der Waals surface area contributed by atoms with Crippen molar-refractivity contribution in [1.82, 2.24) is 0 Å². The van der Waals surface area contributed by atoms with Crippen molar-refractivity contribution < 1.29 is 23.8 Å². The molecule has 5 nitrogen and oxygen atoms in total. The summed E-state index contributed by atoms with van der Waals surface area (Å²) in [6, 6.07) is 22.3. The van der Waals surface area contributed by atoms with E-state index in [-0.39, 0.29) is 0 Å². The quantitative estimate of drug-likeness (QED) is 0.462. The fraction of sp³-hybridized carbons (Fsp3) is 0.0909. The number of hydrogen-bond acceptors (Lipinski definition) is 5. The summed E-state index contributed by atoms with van der Waals surface area (Å²) in [7, 11) is 0. The van der Waals surface area contributed by atoms with Crippen LogP contribution in [0.25, 0.3) is 0 Å². The van der Waals surface area contributed by atoms with Crippen LogP contribution in [0.15, 0.2) is 78.9 Å². The summed E-state index contributed by atoms with van der Waals surface area (Å²) in [6.45, 7) is 2.05. The molecule has 0 radical (unpaired) electrons. The van der Waals surface area contributed by atoms with E-state index in [1.165, 1.54) is 0 Å². The molecular formula is C22H18O5. The standard InChI is InChI=1S/C22H18O5/c1-2-25-21(23)16-8-14-20(15-9-16)27-22(24)17-10-12-19(13-11-17)26-18-6-4-3-5-7-18/h3-15H,2H2,1H3. The van der Waals surface area contributed by atoms with Crippen LogP contribution in [0.1, 0.15) is 27.6 Å². The monoisotopic (exact) mass is 362 g/mol. The van der Waals surface area contributed by atoms with Crippen LogP contribution in [0.2, 0.25) is 0 Å². The minimum atomic E-state index is -0.495. The van der Waals surface area contributed by atoms with Gasteiger partial charge in [-0.05, 0) is 67.6 Å². The lowest BCUT2D eigenvalue weighted by molar-refractivity contribution is 0.0526. The lowest BCUT2D eigenvalue weighted by Crippen LogP contribution is -2.09. The Labute approximate surface area is 157 Å². The van der Waals surface area contributed by atoms with Crippen LogP contribution in [0.5, 0.6) is 17.2 Å². The van der Waals surface area contributed by atoms with Crippen molar-refractivity contribution >= 4 is 11.9 Å². The maximum Gasteiger partial charge on any atom is 0.343 e. The molecule has 0 aliphatic rings. The Kier molecular flexibility index (Phi) is 5.84. The zero-order valence-corrected chi connectivity index (χ0v) is 14.8. The van der Waals surface area contributed by atoms with Crippen LogP contribution in [0.3, 0.4) is 0 Å². The van der Waals surface area contributed by atoms with Gasteiger partial charge in [0.05, 0.1) is 17.7 Å². The van der Waals surface area contributed by atoms with Crippen molar-refractivity contribution in [3.8, 4) is 17.2 Å². The van der Waals surface area contributed by atoms with Gasteiger partial charge >= 0.3 is 11.9 Å². The fourth-order valence-electron chi connectivity index (χ4n) is 2.32. The Morgan fingerprint density at radius 3 is 1.78 bits per heavy atom. The zero-order chi connectivity index (χ0) is 19.1. The van der Waals surface area contributed by atoms with Gasteiger partial charge in [0, 0.05) is 0 Å². The van der Waals surface area contributed by atoms with Crippen molar-refractivity contribution in [3.05, 3.63) is 90.0 Å². The Hall–Kier alpha value is -3.60. The molecule has 0 saturated heterocycles. The topological polar surface area (TPSA) is 61.8 Å². The molecule has 0 fully saturated rings. The van der Waals surface area contributed by atoms with Gasteiger partial charge in [-0.2, -0.15) is 0 Å². The van der Waals surface area contributed by atoms with E-state index in [1.807, 2.05) is 30.3 Å². The number of carbonyl (C=O) groups is 2. The van der Waals surface area contributed by atoms with Crippen molar-refractivity contribution in [2.24, 2.45) is 0 Å². The van der Waals surface area contributed by atoms with E-state index in [9.17, 15) is 9.59 Å². The molecule has 3 aromatic rings. The Morgan fingerprint density at radius 2 is 1.19 bits per heavy atom. The summed E-state index contributed by atoms with van der Waals surface area (Å²) in [6.07, 6.45) is 0. The molecule has 0 bridgehead atoms. The first-order chi connectivity index (χ1) is 13.2. The summed E-state index contributed by atoms with van der Waals surface area (Å²) < 4.78 is 15.9. The average Bonchev–Trinajstić information content (AvgIpc) is 2.70. The van der Waals surface area contributed by atoms with Crippen molar-refractivity contribution in [2.75, 3.05) is 6.61 Å². The Bertz CT molecular complexity index is 900. The molecule has 3 rings (SSSR count). The summed E-state index contributed by atoms with van der Waals surface area (Å²) in [5, 5.41) is 0. The van der Waals surface area contributed by atoms with Gasteiger partial charge in [-0.1, -0.05) is 18.2 Å². The van der Waals surface area contributed by atoms with Gasteiger partial charge in [-0.25, -0.2) is 9.59 Å². The molecule has 0 heterocycles. The van der Waals surface area contributed by atoms with Gasteiger partial charge in [-0.3, -0.25) is 0 Å². The first-order valence-electron chi connectivity index (χ1n) is 8.48. The van der Waals surface area contributed by atoms with E-state index in [1.54, 1.807) is 55.5 Å². The number of para-hydroxylation sites is 1. The summed E-state index contributed by atoms with van der Waals surface area (Å²) >= 11 is 0. The van der Waals surface area contributed by atoms with Gasteiger partial charge in [0.15, 0.2) is 0 Å². The van der Waals surface area contributed by atoms with E-state index < -0.39 is 11.9 Å². The molecular weight excluding hydrogens is 344 g/mol. The highest BCUT2D eigenvalue weighted by Crippen LogP contribution is 2.22. The molecule has 3 aromatic carbocycles. The second-order valence-corrected chi connectivity index (χ2v) is 5.57. The average molecular weight is 362 g/mol. The molecule has 136 valence electrons. The van der Waals surface area contributed by atoms with Crippen LogP contribution in [0.4, 0.5) is 0 Å². The van der Waals surface area contributed by atoms with Crippen LogP contribution in [-0.2, 0) is 4.74 Å². The number of esters is 2. The van der Waals surface area contributed by atoms with E-state index in [2.05, 4.69) is 0 Å². The second-order valence-electron chi connectivity index (χ2n) is 5.57. The van der Waals surface area contributed by atoms with Crippen LogP contribution < -0.4 is 9.47 Å². The molecule has 0 aromatic heterocycles. The van der Waals surface area contributed by atoms with Gasteiger partial charge in [-0.15, -0.1) is 0 Å². The first-order valence-corrected chi connectivity index (χ1v) is 8.48. The minimum Gasteiger partial charge on any atom is -0.462 e. The van der Waals surface area contributed by atoms with E-state index in [0.29, 0.717) is 29.2 Å². The lowest BCUT2D eigenvalue weighted by atomic mass is 10.2. The van der Waals surface area contributed by atoms with Gasteiger partial charge in [0.25, 0.3) is 0 Å². The maximum absolute atomic E-state index is 12.3. The summed E-state index contributed by atoms with van der Waals surface area (Å²) in [4.78, 5) is 23.9. The third-order valence-electron chi connectivity index (χ3n) is 3.64.